The molecule has 1 aromatic rings. The Morgan fingerprint density at radius 2 is 2.00 bits per heavy atom. The molecule has 3 amide bonds. The monoisotopic (exact) mass is 232 g/mol. The molecule has 0 spiro atoms. The summed E-state index contributed by atoms with van der Waals surface area (Å²) < 4.78 is 0. The molecule has 6 nitrogen and oxygen atoms in total. The molecule has 6 heteroatoms. The van der Waals surface area contributed by atoms with Crippen LogP contribution in [0, 0.1) is 0 Å². The second-order valence-electron chi connectivity index (χ2n) is 3.40. The number of carbonyl (C=O) groups is 3. The first kappa shape index (κ1) is 10.9. The highest BCUT2D eigenvalue weighted by Gasteiger charge is 2.22. The molecule has 1 aromatic carbocycles. The zero-order chi connectivity index (χ0) is 12.4. The Balaban J connectivity index is 2.33. The Labute approximate surface area is 95.9 Å². The van der Waals surface area contributed by atoms with Gasteiger partial charge < -0.3 is 10.4 Å². The number of nitrogens with one attached hydrogen (secondary N) is 2. The molecule has 0 saturated carbocycles. The summed E-state index contributed by atoms with van der Waals surface area (Å²) in [6.07, 6.45) is 1.41. The van der Waals surface area contributed by atoms with E-state index in [0.29, 0.717) is 5.56 Å². The maximum atomic E-state index is 11.2. The zero-order valence-electron chi connectivity index (χ0n) is 8.56. The Morgan fingerprint density at radius 3 is 2.59 bits per heavy atom. The van der Waals surface area contributed by atoms with Crippen LogP contribution in [-0.4, -0.2) is 23.0 Å². The van der Waals surface area contributed by atoms with Crippen molar-refractivity contribution >= 4 is 24.0 Å². The summed E-state index contributed by atoms with van der Waals surface area (Å²) in [6, 6.07) is 5.46. The number of benzene rings is 1. The van der Waals surface area contributed by atoms with E-state index in [0.717, 1.165) is 0 Å². The Hall–Kier alpha value is -2.63. The second kappa shape index (κ2) is 4.09. The van der Waals surface area contributed by atoms with Gasteiger partial charge in [0.25, 0.3) is 5.91 Å². The smallest absolute Gasteiger partial charge is 0.335 e. The fourth-order valence-corrected chi connectivity index (χ4v) is 1.41. The molecule has 3 N–H and O–H groups in total. The summed E-state index contributed by atoms with van der Waals surface area (Å²) in [7, 11) is 0. The first-order valence-electron chi connectivity index (χ1n) is 4.73. The number of amides is 3. The quantitative estimate of drug-likeness (QED) is 0.513. The van der Waals surface area contributed by atoms with Gasteiger partial charge in [-0.05, 0) is 23.8 Å². The minimum absolute atomic E-state index is 0.0949. The van der Waals surface area contributed by atoms with Crippen molar-refractivity contribution < 1.29 is 19.5 Å². The molecule has 86 valence electrons. The van der Waals surface area contributed by atoms with E-state index in [-0.39, 0.29) is 11.3 Å². The molecule has 1 saturated heterocycles. The number of hydrogen-bond acceptors (Lipinski definition) is 3. The van der Waals surface area contributed by atoms with Gasteiger partial charge >= 0.3 is 12.0 Å². The summed E-state index contributed by atoms with van der Waals surface area (Å²) in [6.45, 7) is 0. The van der Waals surface area contributed by atoms with Crippen molar-refractivity contribution in [2.45, 2.75) is 0 Å². The van der Waals surface area contributed by atoms with Crippen LogP contribution in [0.25, 0.3) is 6.08 Å². The van der Waals surface area contributed by atoms with Gasteiger partial charge in [0.15, 0.2) is 0 Å². The Bertz CT molecular complexity index is 548. The molecular formula is C11H8N2O4. The van der Waals surface area contributed by atoms with Gasteiger partial charge in [0.2, 0.25) is 0 Å². The Morgan fingerprint density at radius 1 is 1.24 bits per heavy atom. The lowest BCUT2D eigenvalue weighted by Gasteiger charge is -1.98. The third-order valence-corrected chi connectivity index (χ3v) is 2.16. The van der Waals surface area contributed by atoms with E-state index in [9.17, 15) is 14.4 Å². The summed E-state index contributed by atoms with van der Waals surface area (Å²) in [5.74, 6) is -1.58. The van der Waals surface area contributed by atoms with Crippen molar-refractivity contribution in [1.82, 2.24) is 10.6 Å². The van der Waals surface area contributed by atoms with Gasteiger partial charge in [-0.25, -0.2) is 9.59 Å². The Kier molecular flexibility index (Phi) is 2.61. The topological polar surface area (TPSA) is 95.5 Å². The number of hydrogen-bond donors (Lipinski definition) is 3. The number of imide groups is 1. The third kappa shape index (κ3) is 2.31. The maximum Gasteiger partial charge on any atom is 0.335 e. The maximum absolute atomic E-state index is 11.2. The molecule has 0 aromatic heterocycles. The van der Waals surface area contributed by atoms with Crippen LogP contribution in [-0.2, 0) is 4.79 Å². The predicted octanol–water partition coefficient (Wildman–Crippen LogP) is 0.565. The van der Waals surface area contributed by atoms with E-state index in [2.05, 4.69) is 10.6 Å². The predicted molar refractivity (Wildman–Crippen MR) is 58.1 cm³/mol. The number of carboxylic acid groups (broad SMARTS) is 1. The molecule has 0 unspecified atom stereocenters. The van der Waals surface area contributed by atoms with Crippen molar-refractivity contribution in [3.63, 3.8) is 0 Å². The number of aromatic carboxylic acids is 1. The summed E-state index contributed by atoms with van der Waals surface area (Å²) in [5.41, 5.74) is 0.735. The largest absolute Gasteiger partial charge is 0.478 e. The fraction of sp³-hybridized carbons (Fsp3) is 0. The standard InChI is InChI=1S/C11H8N2O4/c14-9-8(12-11(17)13-9)5-6-2-1-3-7(4-6)10(15)16/h1-5H,(H,15,16)(H2,12,13,14,17). The number of rotatable bonds is 2. The van der Waals surface area contributed by atoms with Crippen molar-refractivity contribution in [1.29, 1.82) is 0 Å². The highest BCUT2D eigenvalue weighted by Crippen LogP contribution is 2.10. The van der Waals surface area contributed by atoms with Crippen LogP contribution in [0.3, 0.4) is 0 Å². The zero-order valence-corrected chi connectivity index (χ0v) is 8.56. The molecule has 1 heterocycles. The molecule has 2 rings (SSSR count). The van der Waals surface area contributed by atoms with Crippen LogP contribution in [0.5, 0.6) is 0 Å². The van der Waals surface area contributed by atoms with E-state index in [1.807, 2.05) is 0 Å². The second-order valence-corrected chi connectivity index (χ2v) is 3.40. The van der Waals surface area contributed by atoms with Gasteiger partial charge in [-0.1, -0.05) is 12.1 Å². The molecule has 0 aliphatic carbocycles. The van der Waals surface area contributed by atoms with Crippen molar-refractivity contribution in [2.24, 2.45) is 0 Å². The summed E-state index contributed by atoms with van der Waals surface area (Å²) in [5, 5.41) is 13.2. The summed E-state index contributed by atoms with van der Waals surface area (Å²) >= 11 is 0. The van der Waals surface area contributed by atoms with E-state index in [1.54, 1.807) is 12.1 Å². The lowest BCUT2D eigenvalue weighted by atomic mass is 10.1. The molecule has 1 fully saturated rings. The van der Waals surface area contributed by atoms with Gasteiger partial charge in [-0.2, -0.15) is 0 Å². The highest BCUT2D eigenvalue weighted by atomic mass is 16.4. The molecule has 0 atom stereocenters. The normalized spacial score (nSPS) is 16.8. The van der Waals surface area contributed by atoms with E-state index >= 15 is 0 Å². The first-order chi connectivity index (χ1) is 8.06. The van der Waals surface area contributed by atoms with Gasteiger partial charge in [-0.3, -0.25) is 10.1 Å². The fourth-order valence-electron chi connectivity index (χ4n) is 1.41. The first-order valence-corrected chi connectivity index (χ1v) is 4.73. The van der Waals surface area contributed by atoms with E-state index in [1.165, 1.54) is 18.2 Å². The minimum atomic E-state index is -1.05. The number of carbonyl (C=O) groups excluding carboxylic acids is 2. The lowest BCUT2D eigenvalue weighted by molar-refractivity contribution is -0.115. The highest BCUT2D eigenvalue weighted by molar-refractivity contribution is 6.14. The van der Waals surface area contributed by atoms with Gasteiger partial charge in [-0.15, -0.1) is 0 Å². The average Bonchev–Trinajstić information content (AvgIpc) is 2.58. The molecule has 1 aliphatic heterocycles. The van der Waals surface area contributed by atoms with Gasteiger partial charge in [0, 0.05) is 0 Å². The number of carboxylic acids is 1. The molecular weight excluding hydrogens is 224 g/mol. The summed E-state index contributed by atoms with van der Waals surface area (Å²) in [4.78, 5) is 32.8. The van der Waals surface area contributed by atoms with Crippen LogP contribution in [0.15, 0.2) is 30.0 Å². The van der Waals surface area contributed by atoms with Gasteiger partial charge in [0.05, 0.1) is 5.56 Å². The molecule has 0 radical (unpaired) electrons. The van der Waals surface area contributed by atoms with Crippen molar-refractivity contribution in [2.75, 3.05) is 0 Å². The molecule has 0 bridgehead atoms. The average molecular weight is 232 g/mol. The third-order valence-electron chi connectivity index (χ3n) is 2.16. The van der Waals surface area contributed by atoms with Crippen molar-refractivity contribution in [3.8, 4) is 0 Å². The van der Waals surface area contributed by atoms with E-state index < -0.39 is 17.9 Å². The SMILES string of the molecule is O=C1NC(=O)C(=Cc2cccc(C(=O)O)c2)N1. The van der Waals surface area contributed by atoms with Crippen molar-refractivity contribution in [3.05, 3.63) is 41.1 Å². The van der Waals surface area contributed by atoms with Crippen LogP contribution < -0.4 is 10.6 Å². The molecule has 17 heavy (non-hydrogen) atoms. The molecule has 1 aliphatic rings. The van der Waals surface area contributed by atoms with Crippen LogP contribution in [0.4, 0.5) is 4.79 Å². The number of urea groups is 1. The van der Waals surface area contributed by atoms with E-state index in [4.69, 9.17) is 5.11 Å². The lowest BCUT2D eigenvalue weighted by Crippen LogP contribution is -2.22. The van der Waals surface area contributed by atoms with Gasteiger partial charge in [0.1, 0.15) is 5.70 Å². The van der Waals surface area contributed by atoms with Crippen LogP contribution in [0.2, 0.25) is 0 Å². The van der Waals surface area contributed by atoms with Crippen LogP contribution >= 0.6 is 0 Å². The minimum Gasteiger partial charge on any atom is -0.478 e. The van der Waals surface area contributed by atoms with Crippen LogP contribution in [0.1, 0.15) is 15.9 Å².